The summed E-state index contributed by atoms with van der Waals surface area (Å²) in [6.07, 6.45) is 5.12. The van der Waals surface area contributed by atoms with Crippen LogP contribution in [0.25, 0.3) is 0 Å². The maximum Gasteiger partial charge on any atom is 0.0861 e. The monoisotopic (exact) mass is 196 g/mol. The van der Waals surface area contributed by atoms with Crippen molar-refractivity contribution >= 4 is 0 Å². The summed E-state index contributed by atoms with van der Waals surface area (Å²) in [6.45, 7) is 4.74. The summed E-state index contributed by atoms with van der Waals surface area (Å²) in [6, 6.07) is 0.725. The van der Waals surface area contributed by atoms with Crippen LogP contribution in [0.4, 0.5) is 0 Å². The molecule has 0 aromatic rings. The summed E-state index contributed by atoms with van der Waals surface area (Å²) in [5, 5.41) is 0. The van der Waals surface area contributed by atoms with Gasteiger partial charge in [-0.15, -0.1) is 0 Å². The number of likely N-dealkylation sites (N-methyl/N-ethyl adjacent to an activating group) is 1. The Balaban J connectivity index is 1.76. The molecule has 14 heavy (non-hydrogen) atoms. The van der Waals surface area contributed by atoms with Gasteiger partial charge in [0, 0.05) is 25.7 Å². The summed E-state index contributed by atoms with van der Waals surface area (Å²) in [5.41, 5.74) is 0. The molecule has 0 N–H and O–H groups in total. The SMILES string of the molecule is CN1CC2CN3CCCCC3C(C1)O2. The van der Waals surface area contributed by atoms with Crippen LogP contribution in [0.3, 0.4) is 0 Å². The van der Waals surface area contributed by atoms with Crippen molar-refractivity contribution in [2.45, 2.75) is 37.5 Å². The zero-order valence-electron chi connectivity index (χ0n) is 8.98. The number of hydrogen-bond donors (Lipinski definition) is 0. The van der Waals surface area contributed by atoms with Crippen LogP contribution in [-0.2, 0) is 4.74 Å². The molecule has 3 saturated heterocycles. The number of ether oxygens (including phenoxy) is 1. The molecule has 3 nitrogen and oxygen atoms in total. The highest BCUT2D eigenvalue weighted by atomic mass is 16.5. The molecule has 0 saturated carbocycles. The Morgan fingerprint density at radius 1 is 1.14 bits per heavy atom. The van der Waals surface area contributed by atoms with Gasteiger partial charge in [0.25, 0.3) is 0 Å². The molecular formula is C11H20N2O. The first kappa shape index (κ1) is 9.13. The van der Waals surface area contributed by atoms with E-state index in [9.17, 15) is 0 Å². The van der Waals surface area contributed by atoms with Gasteiger partial charge in [-0.25, -0.2) is 0 Å². The Morgan fingerprint density at radius 2 is 2.07 bits per heavy atom. The second-order valence-electron chi connectivity index (χ2n) is 5.08. The Morgan fingerprint density at radius 3 is 3.00 bits per heavy atom. The number of fused-ring (bicyclic) bond motifs is 4. The molecule has 3 fully saturated rings. The van der Waals surface area contributed by atoms with E-state index in [1.54, 1.807) is 0 Å². The molecule has 3 aliphatic rings. The summed E-state index contributed by atoms with van der Waals surface area (Å²) >= 11 is 0. The highest BCUT2D eigenvalue weighted by Gasteiger charge is 2.41. The molecule has 0 aliphatic carbocycles. The fourth-order valence-corrected chi connectivity index (χ4v) is 3.30. The van der Waals surface area contributed by atoms with E-state index < -0.39 is 0 Å². The van der Waals surface area contributed by atoms with E-state index in [0.29, 0.717) is 12.2 Å². The van der Waals surface area contributed by atoms with Crippen molar-refractivity contribution in [2.24, 2.45) is 0 Å². The second-order valence-corrected chi connectivity index (χ2v) is 5.08. The summed E-state index contributed by atoms with van der Waals surface area (Å²) in [5.74, 6) is 0. The molecule has 3 unspecified atom stereocenters. The van der Waals surface area contributed by atoms with E-state index in [1.807, 2.05) is 0 Å². The van der Waals surface area contributed by atoms with Crippen molar-refractivity contribution in [3.05, 3.63) is 0 Å². The molecule has 0 amide bonds. The number of nitrogens with zero attached hydrogens (tertiary/aromatic N) is 2. The van der Waals surface area contributed by atoms with Crippen LogP contribution < -0.4 is 0 Å². The molecule has 80 valence electrons. The highest BCUT2D eigenvalue weighted by molar-refractivity contribution is 4.94. The molecule has 0 radical (unpaired) electrons. The Kier molecular flexibility index (Phi) is 2.26. The summed E-state index contributed by atoms with van der Waals surface area (Å²) < 4.78 is 6.08. The smallest absolute Gasteiger partial charge is 0.0861 e. The first-order valence-electron chi connectivity index (χ1n) is 5.91. The Bertz CT molecular complexity index is 219. The number of piperidine rings is 1. The van der Waals surface area contributed by atoms with Crippen LogP contribution in [0.15, 0.2) is 0 Å². The third kappa shape index (κ3) is 1.47. The fraction of sp³-hybridized carbons (Fsp3) is 1.00. The Hall–Kier alpha value is -0.120. The van der Waals surface area contributed by atoms with Crippen LogP contribution >= 0.6 is 0 Å². The van der Waals surface area contributed by atoms with E-state index in [1.165, 1.54) is 32.4 Å². The predicted octanol–water partition coefficient (Wildman–Crippen LogP) is 0.554. The summed E-state index contributed by atoms with van der Waals surface area (Å²) in [7, 11) is 2.22. The molecular weight excluding hydrogens is 176 g/mol. The zero-order valence-corrected chi connectivity index (χ0v) is 8.98. The van der Waals surface area contributed by atoms with Gasteiger partial charge in [0.1, 0.15) is 0 Å². The van der Waals surface area contributed by atoms with Crippen LogP contribution in [0.5, 0.6) is 0 Å². The van der Waals surface area contributed by atoms with Gasteiger partial charge in [0.15, 0.2) is 0 Å². The molecule has 3 atom stereocenters. The normalized spacial score (nSPS) is 44.8. The average molecular weight is 196 g/mol. The van der Waals surface area contributed by atoms with Gasteiger partial charge in [0.05, 0.1) is 12.2 Å². The highest BCUT2D eigenvalue weighted by Crippen LogP contribution is 2.29. The molecule has 0 aromatic heterocycles. The van der Waals surface area contributed by atoms with Gasteiger partial charge in [-0.05, 0) is 26.4 Å². The van der Waals surface area contributed by atoms with E-state index in [4.69, 9.17) is 4.74 Å². The van der Waals surface area contributed by atoms with Crippen LogP contribution in [0.2, 0.25) is 0 Å². The molecule has 0 aromatic carbocycles. The summed E-state index contributed by atoms with van der Waals surface area (Å²) in [4.78, 5) is 5.11. The number of morpholine rings is 2. The van der Waals surface area contributed by atoms with Gasteiger partial charge >= 0.3 is 0 Å². The molecule has 0 spiro atoms. The van der Waals surface area contributed by atoms with E-state index in [0.717, 1.165) is 19.1 Å². The van der Waals surface area contributed by atoms with Crippen LogP contribution in [0, 0.1) is 0 Å². The molecule has 3 aliphatic heterocycles. The van der Waals surface area contributed by atoms with Crippen molar-refractivity contribution < 1.29 is 4.74 Å². The minimum Gasteiger partial charge on any atom is -0.369 e. The van der Waals surface area contributed by atoms with Gasteiger partial charge < -0.3 is 9.64 Å². The van der Waals surface area contributed by atoms with Gasteiger partial charge in [-0.1, -0.05) is 6.42 Å². The van der Waals surface area contributed by atoms with Crippen molar-refractivity contribution in [1.82, 2.24) is 9.80 Å². The lowest BCUT2D eigenvalue weighted by Gasteiger charge is -2.51. The molecule has 2 bridgehead atoms. The number of hydrogen-bond acceptors (Lipinski definition) is 3. The van der Waals surface area contributed by atoms with Crippen molar-refractivity contribution in [2.75, 3.05) is 33.2 Å². The maximum atomic E-state index is 6.08. The minimum atomic E-state index is 0.480. The number of rotatable bonds is 0. The first-order chi connectivity index (χ1) is 6.83. The van der Waals surface area contributed by atoms with E-state index >= 15 is 0 Å². The lowest BCUT2D eigenvalue weighted by Crippen LogP contribution is -2.64. The lowest BCUT2D eigenvalue weighted by atomic mass is 9.92. The zero-order chi connectivity index (χ0) is 9.54. The molecule has 3 heterocycles. The van der Waals surface area contributed by atoms with Crippen molar-refractivity contribution in [1.29, 1.82) is 0 Å². The van der Waals surface area contributed by atoms with E-state index in [-0.39, 0.29) is 0 Å². The maximum absolute atomic E-state index is 6.08. The third-order valence-corrected chi connectivity index (χ3v) is 3.91. The Labute approximate surface area is 86.0 Å². The van der Waals surface area contributed by atoms with Crippen molar-refractivity contribution in [3.8, 4) is 0 Å². The van der Waals surface area contributed by atoms with Crippen molar-refractivity contribution in [3.63, 3.8) is 0 Å². The third-order valence-electron chi connectivity index (χ3n) is 3.91. The lowest BCUT2D eigenvalue weighted by molar-refractivity contribution is -0.169. The standard InChI is InChI=1S/C11H20N2O/c1-12-6-9-7-13-5-3-2-4-10(13)11(8-12)14-9/h9-11H,2-8H2,1H3. The topological polar surface area (TPSA) is 15.7 Å². The molecule has 3 rings (SSSR count). The fourth-order valence-electron chi connectivity index (χ4n) is 3.30. The average Bonchev–Trinajstić information content (AvgIpc) is 2.17. The predicted molar refractivity (Wildman–Crippen MR) is 55.4 cm³/mol. The molecule has 3 heteroatoms. The minimum absolute atomic E-state index is 0.480. The largest absolute Gasteiger partial charge is 0.369 e. The van der Waals surface area contributed by atoms with Gasteiger partial charge in [-0.3, -0.25) is 4.90 Å². The van der Waals surface area contributed by atoms with E-state index in [2.05, 4.69) is 16.8 Å². The van der Waals surface area contributed by atoms with Crippen LogP contribution in [-0.4, -0.2) is 61.3 Å². The second kappa shape index (κ2) is 3.47. The quantitative estimate of drug-likeness (QED) is 0.563. The van der Waals surface area contributed by atoms with Crippen LogP contribution in [0.1, 0.15) is 19.3 Å². The van der Waals surface area contributed by atoms with Gasteiger partial charge in [0.2, 0.25) is 0 Å². The first-order valence-corrected chi connectivity index (χ1v) is 5.91. The van der Waals surface area contributed by atoms with Gasteiger partial charge in [-0.2, -0.15) is 0 Å².